The highest BCUT2D eigenvalue weighted by Crippen LogP contribution is 2.17. The zero-order chi connectivity index (χ0) is 22.2. The number of rotatable bonds is 12. The van der Waals surface area contributed by atoms with Crippen LogP contribution in [0.3, 0.4) is 0 Å². The third kappa shape index (κ3) is 6.88. The van der Waals surface area contributed by atoms with Gasteiger partial charge in [0.25, 0.3) is 0 Å². The number of unbranched alkanes of at least 4 members (excludes halogenated alkanes) is 1. The average Bonchev–Trinajstić information content (AvgIpc) is 2.70. The molecule has 2 rings (SSSR count). The lowest BCUT2D eigenvalue weighted by atomic mass is 10.2. The van der Waals surface area contributed by atoms with Gasteiger partial charge < -0.3 is 5.73 Å². The lowest BCUT2D eigenvalue weighted by molar-refractivity contribution is 0.396. The van der Waals surface area contributed by atoms with E-state index in [2.05, 4.69) is 4.72 Å². The van der Waals surface area contributed by atoms with Crippen LogP contribution in [0.2, 0.25) is 0 Å². The number of hydrogen-bond acceptors (Lipinski definition) is 5. The lowest BCUT2D eigenvalue weighted by Crippen LogP contribution is -2.34. The average molecular weight is 454 g/mol. The summed E-state index contributed by atoms with van der Waals surface area (Å²) in [5.41, 5.74) is 7.55. The van der Waals surface area contributed by atoms with Crippen LogP contribution in [-0.4, -0.2) is 47.3 Å². The van der Waals surface area contributed by atoms with Gasteiger partial charge >= 0.3 is 0 Å². The predicted molar refractivity (Wildman–Crippen MR) is 119 cm³/mol. The Balaban J connectivity index is 1.93. The summed E-state index contributed by atoms with van der Waals surface area (Å²) in [7, 11) is -7.18. The van der Waals surface area contributed by atoms with E-state index in [4.69, 9.17) is 5.73 Å². The first-order chi connectivity index (χ1) is 14.2. The molecule has 0 atom stereocenters. The lowest BCUT2D eigenvalue weighted by Gasteiger charge is -2.22. The number of nitrogens with one attached hydrogen (secondary N) is 1. The highest BCUT2D eigenvalue weighted by molar-refractivity contribution is 7.89. The van der Waals surface area contributed by atoms with Crippen molar-refractivity contribution in [2.24, 2.45) is 5.73 Å². The molecule has 0 aliphatic rings. The zero-order valence-corrected chi connectivity index (χ0v) is 19.2. The third-order valence-corrected chi connectivity index (χ3v) is 8.12. The summed E-state index contributed by atoms with van der Waals surface area (Å²) in [5.74, 6) is 0. The Morgan fingerprint density at radius 2 is 1.27 bits per heavy atom. The van der Waals surface area contributed by atoms with E-state index in [9.17, 15) is 16.8 Å². The molecule has 2 aromatic rings. The molecule has 7 nitrogen and oxygen atoms in total. The van der Waals surface area contributed by atoms with Gasteiger partial charge in [-0.15, -0.1) is 0 Å². The normalized spacial score (nSPS) is 12.4. The molecule has 0 aliphatic heterocycles. The van der Waals surface area contributed by atoms with Crippen molar-refractivity contribution >= 4 is 20.0 Å². The maximum Gasteiger partial charge on any atom is 0.243 e. The summed E-state index contributed by atoms with van der Waals surface area (Å²) in [6.45, 7) is 5.08. The Hall–Kier alpha value is -1.78. The number of hydrogen-bond donors (Lipinski definition) is 2. The molecule has 0 heterocycles. The molecule has 0 unspecified atom stereocenters. The van der Waals surface area contributed by atoms with Gasteiger partial charge in [-0.2, -0.15) is 4.31 Å². The molecule has 2 aromatic carbocycles. The Kier molecular flexibility index (Phi) is 8.99. The van der Waals surface area contributed by atoms with Crippen molar-refractivity contribution in [1.29, 1.82) is 0 Å². The third-order valence-electron chi connectivity index (χ3n) is 4.73. The van der Waals surface area contributed by atoms with Crippen LogP contribution >= 0.6 is 0 Å². The van der Waals surface area contributed by atoms with E-state index in [1.807, 2.05) is 13.8 Å². The van der Waals surface area contributed by atoms with Gasteiger partial charge in [-0.05, 0) is 63.9 Å². The van der Waals surface area contributed by atoms with Gasteiger partial charge in [-0.25, -0.2) is 21.6 Å². The van der Waals surface area contributed by atoms with Crippen molar-refractivity contribution < 1.29 is 16.8 Å². The molecular formula is C21H31N3O4S2. The summed E-state index contributed by atoms with van der Waals surface area (Å²) in [5, 5.41) is 0. The molecule has 30 heavy (non-hydrogen) atoms. The van der Waals surface area contributed by atoms with Gasteiger partial charge in [0.2, 0.25) is 20.0 Å². The number of nitrogens with two attached hydrogens (primary N) is 1. The molecule has 0 radical (unpaired) electrons. The fourth-order valence-electron chi connectivity index (χ4n) is 2.90. The summed E-state index contributed by atoms with van der Waals surface area (Å²) >= 11 is 0. The summed E-state index contributed by atoms with van der Waals surface area (Å²) in [4.78, 5) is 0.477. The molecule has 0 aliphatic carbocycles. The molecule has 9 heteroatoms. The molecule has 166 valence electrons. The minimum absolute atomic E-state index is 0.222. The molecule has 0 aromatic heterocycles. The second-order valence-electron chi connectivity index (χ2n) is 7.28. The standard InChI is InChI=1S/C21H31N3O4S2/c1-18-6-10-20(11-7-18)29(25,26)23-15-3-4-16-24(17-5-14-22)30(27,28)21-12-8-19(2)9-13-21/h6-13,23H,3-5,14-17,22H2,1-2H3. The molecule has 3 N–H and O–H groups in total. The Morgan fingerprint density at radius 1 is 0.767 bits per heavy atom. The van der Waals surface area contributed by atoms with E-state index in [0.717, 1.165) is 11.1 Å². The van der Waals surface area contributed by atoms with Crippen molar-refractivity contribution in [3.8, 4) is 0 Å². The number of aryl methyl sites for hydroxylation is 2. The van der Waals surface area contributed by atoms with E-state index in [-0.39, 0.29) is 16.3 Å². The summed E-state index contributed by atoms with van der Waals surface area (Å²) < 4.78 is 54.6. The van der Waals surface area contributed by atoms with Crippen molar-refractivity contribution in [2.75, 3.05) is 26.2 Å². The molecule has 0 fully saturated rings. The smallest absolute Gasteiger partial charge is 0.243 e. The fourth-order valence-corrected chi connectivity index (χ4v) is 5.49. The molecular weight excluding hydrogens is 422 g/mol. The molecule has 0 saturated heterocycles. The van der Waals surface area contributed by atoms with E-state index in [1.165, 1.54) is 4.31 Å². The number of benzene rings is 2. The van der Waals surface area contributed by atoms with Gasteiger partial charge in [0.1, 0.15) is 0 Å². The SMILES string of the molecule is Cc1ccc(S(=O)(=O)NCCCCN(CCCN)S(=O)(=O)c2ccc(C)cc2)cc1. The van der Waals surface area contributed by atoms with Crippen LogP contribution in [0.15, 0.2) is 58.3 Å². The van der Waals surface area contributed by atoms with E-state index >= 15 is 0 Å². The first-order valence-corrected chi connectivity index (χ1v) is 12.9. The summed E-state index contributed by atoms with van der Waals surface area (Å²) in [6, 6.07) is 13.4. The van der Waals surface area contributed by atoms with Crippen LogP contribution in [0, 0.1) is 13.8 Å². The first kappa shape index (κ1) is 24.5. The van der Waals surface area contributed by atoms with Crippen molar-refractivity contribution in [3.63, 3.8) is 0 Å². The largest absolute Gasteiger partial charge is 0.330 e. The summed E-state index contributed by atoms with van der Waals surface area (Å²) in [6.07, 6.45) is 1.62. The van der Waals surface area contributed by atoms with Crippen molar-refractivity contribution in [1.82, 2.24) is 9.03 Å². The van der Waals surface area contributed by atoms with Gasteiger partial charge in [0.05, 0.1) is 9.79 Å². The van der Waals surface area contributed by atoms with Crippen LogP contribution in [0.1, 0.15) is 30.4 Å². The number of sulfonamides is 2. The maximum absolute atomic E-state index is 13.0. The van der Waals surface area contributed by atoms with Crippen LogP contribution in [0.4, 0.5) is 0 Å². The van der Waals surface area contributed by atoms with Crippen LogP contribution in [-0.2, 0) is 20.0 Å². The Bertz CT molecular complexity index is 1000. The quantitative estimate of drug-likeness (QED) is 0.480. The second-order valence-corrected chi connectivity index (χ2v) is 11.0. The highest BCUT2D eigenvalue weighted by Gasteiger charge is 2.23. The topological polar surface area (TPSA) is 110 Å². The minimum Gasteiger partial charge on any atom is -0.330 e. The Morgan fingerprint density at radius 3 is 1.80 bits per heavy atom. The van der Waals surface area contributed by atoms with Crippen molar-refractivity contribution in [3.05, 3.63) is 59.7 Å². The molecule has 0 spiro atoms. The van der Waals surface area contributed by atoms with Crippen molar-refractivity contribution in [2.45, 2.75) is 42.9 Å². The van der Waals surface area contributed by atoms with Crippen LogP contribution < -0.4 is 10.5 Å². The van der Waals surface area contributed by atoms with E-state index < -0.39 is 20.0 Å². The fraction of sp³-hybridized carbons (Fsp3) is 0.429. The number of nitrogens with zero attached hydrogens (tertiary/aromatic N) is 1. The molecule has 0 saturated carbocycles. The minimum atomic E-state index is -3.61. The first-order valence-electron chi connectivity index (χ1n) is 10.00. The van der Waals surface area contributed by atoms with Gasteiger partial charge in [-0.1, -0.05) is 35.4 Å². The van der Waals surface area contributed by atoms with E-state index in [0.29, 0.717) is 38.9 Å². The highest BCUT2D eigenvalue weighted by atomic mass is 32.2. The van der Waals surface area contributed by atoms with Crippen LogP contribution in [0.25, 0.3) is 0 Å². The maximum atomic E-state index is 13.0. The molecule has 0 bridgehead atoms. The van der Waals surface area contributed by atoms with Gasteiger partial charge in [-0.3, -0.25) is 0 Å². The zero-order valence-electron chi connectivity index (χ0n) is 17.5. The van der Waals surface area contributed by atoms with E-state index in [1.54, 1.807) is 48.5 Å². The monoisotopic (exact) mass is 453 g/mol. The second kappa shape index (κ2) is 11.0. The van der Waals surface area contributed by atoms with Gasteiger partial charge in [0.15, 0.2) is 0 Å². The van der Waals surface area contributed by atoms with Gasteiger partial charge in [0, 0.05) is 19.6 Å². The molecule has 0 amide bonds. The predicted octanol–water partition coefficient (Wildman–Crippen LogP) is 2.40. The van der Waals surface area contributed by atoms with Crippen LogP contribution in [0.5, 0.6) is 0 Å². The Labute approximate surface area is 180 Å².